The molecule has 0 N–H and O–H groups in total. The average molecular weight is 1200 g/mol. The van der Waals surface area contributed by atoms with Crippen LogP contribution in [0.3, 0.4) is 0 Å². The maximum Gasteiger partial charge on any atom is 0.161 e. The van der Waals surface area contributed by atoms with Gasteiger partial charge in [0.15, 0.2) is 46.0 Å². The molecule has 0 aliphatic heterocycles. The van der Waals surface area contributed by atoms with Crippen molar-refractivity contribution in [3.63, 3.8) is 0 Å². The molecule has 10 heteroatoms. The molecule has 88 heavy (non-hydrogen) atoms. The fourth-order valence-electron chi connectivity index (χ4n) is 10.8. The largest absolute Gasteiger partial charge is 0.492 e. The highest BCUT2D eigenvalue weighted by molar-refractivity contribution is 6.28. The molecule has 474 valence electrons. The van der Waals surface area contributed by atoms with Gasteiger partial charge in [-0.1, -0.05) is 145 Å². The summed E-state index contributed by atoms with van der Waals surface area (Å²) >= 11 is 0. The van der Waals surface area contributed by atoms with E-state index >= 15 is 0 Å². The van der Waals surface area contributed by atoms with Crippen molar-refractivity contribution < 1.29 is 47.4 Å². The summed E-state index contributed by atoms with van der Waals surface area (Å²) in [6.07, 6.45) is 19.4. The van der Waals surface area contributed by atoms with E-state index in [-0.39, 0.29) is 0 Å². The van der Waals surface area contributed by atoms with Crippen molar-refractivity contribution in [2.75, 3.05) is 66.1 Å². The Balaban J connectivity index is 1.45. The van der Waals surface area contributed by atoms with E-state index in [0.717, 1.165) is 250 Å². The fourth-order valence-corrected chi connectivity index (χ4v) is 10.8. The molecule has 0 atom stereocenters. The molecule has 0 fully saturated rings. The first-order valence-corrected chi connectivity index (χ1v) is 34.2. The van der Waals surface area contributed by atoms with Crippen LogP contribution in [0.5, 0.6) is 57.5 Å². The summed E-state index contributed by atoms with van der Waals surface area (Å²) in [5.41, 5.74) is 1.54. The van der Waals surface area contributed by atoms with Gasteiger partial charge in [0.2, 0.25) is 0 Å². The van der Waals surface area contributed by atoms with Crippen LogP contribution in [0.15, 0.2) is 72.8 Å². The highest BCUT2D eigenvalue weighted by atomic mass is 16.5. The van der Waals surface area contributed by atoms with Crippen LogP contribution in [0.1, 0.15) is 209 Å². The quantitative estimate of drug-likeness (QED) is 0.0210. The Bertz CT molecular complexity index is 3260. The van der Waals surface area contributed by atoms with E-state index in [1.165, 1.54) is 0 Å². The summed E-state index contributed by atoms with van der Waals surface area (Å²) < 4.78 is 66.8. The predicted molar refractivity (Wildman–Crippen MR) is 368 cm³/mol. The van der Waals surface area contributed by atoms with E-state index < -0.39 is 0 Å². The number of hydrogen-bond donors (Lipinski definition) is 0. The van der Waals surface area contributed by atoms with Gasteiger partial charge in [-0.25, -0.2) is 0 Å². The second-order valence-corrected chi connectivity index (χ2v) is 23.4. The Morgan fingerprint density at radius 2 is 0.307 bits per heavy atom. The van der Waals surface area contributed by atoms with Crippen molar-refractivity contribution in [3.05, 3.63) is 83.9 Å². The van der Waals surface area contributed by atoms with Crippen LogP contribution in [0.2, 0.25) is 0 Å². The van der Waals surface area contributed by atoms with Crippen molar-refractivity contribution in [1.82, 2.24) is 0 Å². The predicted octanol–water partition coefficient (Wildman–Crippen LogP) is 21.8. The van der Waals surface area contributed by atoms with Crippen LogP contribution in [-0.2, 0) is 0 Å². The summed E-state index contributed by atoms with van der Waals surface area (Å²) in [4.78, 5) is 0. The van der Waals surface area contributed by atoms with E-state index in [9.17, 15) is 0 Å². The van der Waals surface area contributed by atoms with Gasteiger partial charge in [-0.05, 0) is 202 Å². The minimum atomic E-state index is 0.541. The molecule has 0 saturated carbocycles. The van der Waals surface area contributed by atoms with Gasteiger partial charge in [0.05, 0.1) is 77.2 Å². The molecule has 0 radical (unpaired) electrons. The van der Waals surface area contributed by atoms with E-state index in [2.05, 4.69) is 154 Å². The van der Waals surface area contributed by atoms with Gasteiger partial charge in [-0.15, -0.1) is 0 Å². The molecular weight excluding hydrogens is 1100 g/mol. The molecule has 8 rings (SSSR count). The van der Waals surface area contributed by atoms with Crippen LogP contribution in [-0.4, -0.2) is 66.1 Å². The van der Waals surface area contributed by atoms with Crippen molar-refractivity contribution in [2.24, 2.45) is 0 Å². The molecule has 0 heterocycles. The standard InChI is InChI=1S/C78H102O10/c1-11-21-33-79-69-45-59-57(61-47-71(81-35-23-13-3)75(85-39-27-17-7)51-65(61)67-53-77(87-41-29-19-9)73(49-63(59)67)83-37-25-15-5)43-55(69)31-32-56-44-58-60(46-70(56)80-34-22-12-2)64-50-74(84-38-26-16-6)78(88-42-30-20-10)54-68(64)66-52-76(86-40-28-18-8)72(48-62(58)66)82-36-24-14-4/h43-54H,11-30,33-42H2,1-10H3. The minimum Gasteiger partial charge on any atom is -0.492 e. The third-order valence-electron chi connectivity index (χ3n) is 16.2. The Kier molecular flexibility index (Phi) is 26.7. The first kappa shape index (κ1) is 66.8. The summed E-state index contributed by atoms with van der Waals surface area (Å²) in [7, 11) is 0. The number of ether oxygens (including phenoxy) is 10. The number of hydrogen-bond acceptors (Lipinski definition) is 10. The molecule has 0 bridgehead atoms. The molecule has 0 aromatic heterocycles. The zero-order chi connectivity index (χ0) is 62.0. The maximum atomic E-state index is 6.89. The van der Waals surface area contributed by atoms with Crippen LogP contribution in [0, 0.1) is 11.8 Å². The van der Waals surface area contributed by atoms with Crippen LogP contribution < -0.4 is 47.4 Å². The highest BCUT2D eigenvalue weighted by Gasteiger charge is 2.23. The van der Waals surface area contributed by atoms with Crippen LogP contribution >= 0.6 is 0 Å². The fraction of sp³-hybridized carbons (Fsp3) is 0.513. The molecule has 0 spiro atoms. The lowest BCUT2D eigenvalue weighted by Crippen LogP contribution is -2.04. The van der Waals surface area contributed by atoms with Gasteiger partial charge in [-0.2, -0.15) is 0 Å². The van der Waals surface area contributed by atoms with Gasteiger partial charge in [0.25, 0.3) is 0 Å². The first-order chi connectivity index (χ1) is 43.3. The van der Waals surface area contributed by atoms with Gasteiger partial charge in [0.1, 0.15) is 11.5 Å². The van der Waals surface area contributed by atoms with Crippen molar-refractivity contribution in [1.29, 1.82) is 0 Å². The van der Waals surface area contributed by atoms with E-state index in [4.69, 9.17) is 47.4 Å². The summed E-state index contributed by atoms with van der Waals surface area (Å²) in [5, 5.41) is 12.4. The second-order valence-electron chi connectivity index (χ2n) is 23.4. The summed E-state index contributed by atoms with van der Waals surface area (Å²) in [6, 6.07) is 26.3. The number of rotatable bonds is 40. The van der Waals surface area contributed by atoms with Crippen molar-refractivity contribution in [2.45, 2.75) is 198 Å². The molecule has 10 nitrogen and oxygen atoms in total. The highest BCUT2D eigenvalue weighted by Crippen LogP contribution is 2.49. The third-order valence-corrected chi connectivity index (χ3v) is 16.2. The van der Waals surface area contributed by atoms with Gasteiger partial charge in [0, 0.05) is 0 Å². The molecule has 0 amide bonds. The molecule has 8 aromatic rings. The Hall–Kier alpha value is -7.12. The van der Waals surface area contributed by atoms with Gasteiger partial charge in [-0.3, -0.25) is 0 Å². The first-order valence-electron chi connectivity index (χ1n) is 34.2. The molecule has 0 aliphatic carbocycles. The van der Waals surface area contributed by atoms with Crippen LogP contribution in [0.25, 0.3) is 64.6 Å². The van der Waals surface area contributed by atoms with E-state index in [1.807, 2.05) is 0 Å². The molecule has 0 unspecified atom stereocenters. The Morgan fingerprint density at radius 3 is 0.455 bits per heavy atom. The zero-order valence-electron chi connectivity index (χ0n) is 55.2. The molecular formula is C78H102O10. The van der Waals surface area contributed by atoms with E-state index in [1.54, 1.807) is 0 Å². The minimum absolute atomic E-state index is 0.541. The SMILES string of the molecule is CCCCOc1cc2c(cc1C#Cc1cc3c(cc1OCCCC)c1cc(OCCCC)c(OCCCC)cc1c1cc(OCCCC)c(OCCCC)cc31)c1cc(OCCCC)c(OCCCC)cc1c1cc(OCCCC)c(OCCCC)cc21. The Morgan fingerprint density at radius 1 is 0.182 bits per heavy atom. The Labute approximate surface area is 526 Å². The summed E-state index contributed by atoms with van der Waals surface area (Å²) in [5.74, 6) is 14.8. The normalized spacial score (nSPS) is 11.4. The maximum absolute atomic E-state index is 6.89. The lowest BCUT2D eigenvalue weighted by molar-refractivity contribution is 0.262. The topological polar surface area (TPSA) is 92.3 Å². The number of fused-ring (bicyclic) bond motifs is 12. The summed E-state index contributed by atoms with van der Waals surface area (Å²) in [6.45, 7) is 27.7. The van der Waals surface area contributed by atoms with Gasteiger partial charge < -0.3 is 47.4 Å². The third kappa shape index (κ3) is 17.0. The number of benzene rings is 8. The monoisotopic (exact) mass is 1200 g/mol. The molecule has 0 saturated heterocycles. The zero-order valence-corrected chi connectivity index (χ0v) is 55.2. The molecule has 8 aromatic carbocycles. The van der Waals surface area contributed by atoms with Gasteiger partial charge >= 0.3 is 0 Å². The van der Waals surface area contributed by atoms with E-state index in [0.29, 0.717) is 77.6 Å². The second kappa shape index (κ2) is 35.2. The van der Waals surface area contributed by atoms with Crippen LogP contribution in [0.4, 0.5) is 0 Å². The molecule has 0 aliphatic rings. The number of unbranched alkanes of at least 4 members (excludes halogenated alkanes) is 10. The van der Waals surface area contributed by atoms with Crippen molar-refractivity contribution in [3.8, 4) is 69.3 Å². The van der Waals surface area contributed by atoms with Crippen molar-refractivity contribution >= 4 is 64.6 Å². The average Bonchev–Trinajstić information content (AvgIpc) is 0.764. The lowest BCUT2D eigenvalue weighted by Gasteiger charge is -2.20. The smallest absolute Gasteiger partial charge is 0.161 e. The lowest BCUT2D eigenvalue weighted by atomic mass is 9.91.